The molecule has 0 aromatic heterocycles. The highest BCUT2D eigenvalue weighted by Crippen LogP contribution is 2.29. The van der Waals surface area contributed by atoms with Crippen molar-refractivity contribution in [3.05, 3.63) is 35.9 Å². The van der Waals surface area contributed by atoms with Crippen LogP contribution in [0.3, 0.4) is 0 Å². The summed E-state index contributed by atoms with van der Waals surface area (Å²) in [6.45, 7) is 11.1. The highest BCUT2D eigenvalue weighted by molar-refractivity contribution is 6.83. The van der Waals surface area contributed by atoms with Gasteiger partial charge in [0.1, 0.15) is 8.07 Å². The van der Waals surface area contributed by atoms with Gasteiger partial charge < -0.3 is 5.11 Å². The second-order valence-corrected chi connectivity index (χ2v) is 12.2. The average molecular weight is 303 g/mol. The maximum atomic E-state index is 10.5. The van der Waals surface area contributed by atoms with E-state index in [4.69, 9.17) is 0 Å². The molecule has 1 atom stereocenters. The fourth-order valence-electron chi connectivity index (χ4n) is 2.30. The standard InChI is InChI=1S/C19H30OSi/c1-19(2,17-13-9-8-10-14-17)18(20)15-11-6-7-12-16-21(3,4)5/h8-10,13-14,18,20H,6-7,11,15H2,1-5H3/t18-/m0/s1. The van der Waals surface area contributed by atoms with Crippen molar-refractivity contribution in [1.82, 2.24) is 0 Å². The van der Waals surface area contributed by atoms with Crippen LogP contribution in [-0.4, -0.2) is 19.3 Å². The highest BCUT2D eigenvalue weighted by Gasteiger charge is 2.28. The molecule has 0 aliphatic rings. The van der Waals surface area contributed by atoms with Crippen LogP contribution in [0.4, 0.5) is 0 Å². The van der Waals surface area contributed by atoms with Gasteiger partial charge in [-0.05, 0) is 24.8 Å². The summed E-state index contributed by atoms with van der Waals surface area (Å²) < 4.78 is 0. The Morgan fingerprint density at radius 2 is 1.71 bits per heavy atom. The molecule has 1 nitrogen and oxygen atoms in total. The van der Waals surface area contributed by atoms with E-state index in [1.807, 2.05) is 18.2 Å². The summed E-state index contributed by atoms with van der Waals surface area (Å²) in [6.07, 6.45) is 3.63. The molecule has 0 radical (unpaired) electrons. The largest absolute Gasteiger partial charge is 0.392 e. The van der Waals surface area contributed by atoms with Crippen LogP contribution in [0.15, 0.2) is 30.3 Å². The van der Waals surface area contributed by atoms with Crippen molar-refractivity contribution in [3.63, 3.8) is 0 Å². The van der Waals surface area contributed by atoms with Gasteiger partial charge in [0.05, 0.1) is 6.10 Å². The molecule has 1 rings (SSSR count). The Bertz CT molecular complexity index is 474. The topological polar surface area (TPSA) is 20.2 Å². The van der Waals surface area contributed by atoms with Gasteiger partial charge in [-0.25, -0.2) is 0 Å². The summed E-state index contributed by atoms with van der Waals surface area (Å²) in [5.74, 6) is 3.30. The van der Waals surface area contributed by atoms with E-state index >= 15 is 0 Å². The van der Waals surface area contributed by atoms with E-state index in [2.05, 4.69) is 57.1 Å². The molecule has 0 unspecified atom stereocenters. The molecule has 0 spiro atoms. The molecule has 0 bridgehead atoms. The number of rotatable bonds is 6. The molecule has 1 N–H and O–H groups in total. The van der Waals surface area contributed by atoms with Crippen LogP contribution in [-0.2, 0) is 5.41 Å². The molecule has 0 fully saturated rings. The van der Waals surface area contributed by atoms with Crippen molar-refractivity contribution in [3.8, 4) is 11.5 Å². The Hall–Kier alpha value is -1.04. The fourth-order valence-corrected chi connectivity index (χ4v) is 2.96. The molecule has 2 heteroatoms. The van der Waals surface area contributed by atoms with E-state index in [0.29, 0.717) is 0 Å². The minimum absolute atomic E-state index is 0.189. The number of unbranched alkanes of at least 4 members (excludes halogenated alkanes) is 2. The zero-order valence-electron chi connectivity index (χ0n) is 14.2. The Kier molecular flexibility index (Phi) is 6.71. The van der Waals surface area contributed by atoms with Crippen LogP contribution >= 0.6 is 0 Å². The zero-order chi connectivity index (χ0) is 15.9. The number of hydrogen-bond donors (Lipinski definition) is 1. The van der Waals surface area contributed by atoms with Crippen LogP contribution in [0, 0.1) is 11.5 Å². The van der Waals surface area contributed by atoms with Gasteiger partial charge in [-0.2, -0.15) is 0 Å². The van der Waals surface area contributed by atoms with Crippen molar-refractivity contribution in [2.45, 2.75) is 70.7 Å². The van der Waals surface area contributed by atoms with Crippen LogP contribution in [0.1, 0.15) is 45.1 Å². The van der Waals surface area contributed by atoms with Crippen LogP contribution < -0.4 is 0 Å². The molecule has 0 saturated heterocycles. The van der Waals surface area contributed by atoms with Gasteiger partial charge in [0.25, 0.3) is 0 Å². The molecule has 0 saturated carbocycles. The van der Waals surface area contributed by atoms with Gasteiger partial charge in [0.2, 0.25) is 0 Å². The molecule has 0 aliphatic heterocycles. The molecule has 1 aromatic rings. The third kappa shape index (κ3) is 6.50. The Labute approximate surface area is 131 Å². The lowest BCUT2D eigenvalue weighted by atomic mass is 9.77. The third-order valence-electron chi connectivity index (χ3n) is 3.84. The molecule has 0 amide bonds. The normalized spacial score (nSPS) is 13.4. The molecule has 116 valence electrons. The van der Waals surface area contributed by atoms with Crippen molar-refractivity contribution < 1.29 is 5.11 Å². The second-order valence-electron chi connectivity index (χ2n) is 7.40. The van der Waals surface area contributed by atoms with Gasteiger partial charge in [-0.3, -0.25) is 0 Å². The van der Waals surface area contributed by atoms with Crippen molar-refractivity contribution in [2.24, 2.45) is 0 Å². The van der Waals surface area contributed by atoms with Gasteiger partial charge >= 0.3 is 0 Å². The number of aliphatic hydroxyl groups excluding tert-OH is 1. The first kappa shape index (κ1) is 18.0. The summed E-state index contributed by atoms with van der Waals surface area (Å²) in [6, 6.07) is 10.3. The third-order valence-corrected chi connectivity index (χ3v) is 4.77. The van der Waals surface area contributed by atoms with Crippen molar-refractivity contribution in [2.75, 3.05) is 0 Å². The van der Waals surface area contributed by atoms with Gasteiger partial charge in [0, 0.05) is 11.8 Å². The Balaban J connectivity index is 2.40. The SMILES string of the molecule is CC(C)(c1ccccc1)[C@@H](O)CCCCC#C[Si](C)(C)C. The van der Waals surface area contributed by atoms with Gasteiger partial charge in [0.15, 0.2) is 0 Å². The Morgan fingerprint density at radius 3 is 2.29 bits per heavy atom. The molecule has 21 heavy (non-hydrogen) atoms. The number of aliphatic hydroxyl groups is 1. The smallest absolute Gasteiger partial charge is 0.129 e. The monoisotopic (exact) mass is 302 g/mol. The lowest BCUT2D eigenvalue weighted by Gasteiger charge is -2.31. The maximum absolute atomic E-state index is 10.5. The molecule has 0 aliphatic carbocycles. The average Bonchev–Trinajstić information content (AvgIpc) is 2.42. The maximum Gasteiger partial charge on any atom is 0.129 e. The van der Waals surface area contributed by atoms with Crippen LogP contribution in [0.5, 0.6) is 0 Å². The van der Waals surface area contributed by atoms with Crippen LogP contribution in [0.2, 0.25) is 19.6 Å². The quantitative estimate of drug-likeness (QED) is 0.456. The van der Waals surface area contributed by atoms with E-state index in [1.165, 1.54) is 5.56 Å². The van der Waals surface area contributed by atoms with Crippen molar-refractivity contribution >= 4 is 8.07 Å². The first-order chi connectivity index (χ1) is 9.73. The predicted molar refractivity (Wildman–Crippen MR) is 95.1 cm³/mol. The van der Waals surface area contributed by atoms with Gasteiger partial charge in [-0.1, -0.05) is 63.8 Å². The van der Waals surface area contributed by atoms with E-state index in [0.717, 1.165) is 25.7 Å². The molecular formula is C19H30OSi. The lowest BCUT2D eigenvalue weighted by Crippen LogP contribution is -2.33. The lowest BCUT2D eigenvalue weighted by molar-refractivity contribution is 0.0887. The van der Waals surface area contributed by atoms with Crippen molar-refractivity contribution in [1.29, 1.82) is 0 Å². The second kappa shape index (κ2) is 7.82. The summed E-state index contributed by atoms with van der Waals surface area (Å²) in [4.78, 5) is 0. The molecular weight excluding hydrogens is 272 g/mol. The van der Waals surface area contributed by atoms with E-state index in [-0.39, 0.29) is 11.5 Å². The van der Waals surface area contributed by atoms with E-state index in [9.17, 15) is 5.11 Å². The highest BCUT2D eigenvalue weighted by atomic mass is 28.3. The number of benzene rings is 1. The summed E-state index contributed by atoms with van der Waals surface area (Å²) in [5.41, 5.74) is 4.41. The zero-order valence-corrected chi connectivity index (χ0v) is 15.2. The fraction of sp³-hybridized carbons (Fsp3) is 0.579. The molecule has 1 aromatic carbocycles. The van der Waals surface area contributed by atoms with Gasteiger partial charge in [-0.15, -0.1) is 11.5 Å². The Morgan fingerprint density at radius 1 is 1.10 bits per heavy atom. The minimum Gasteiger partial charge on any atom is -0.392 e. The summed E-state index contributed by atoms with van der Waals surface area (Å²) >= 11 is 0. The summed E-state index contributed by atoms with van der Waals surface area (Å²) in [5, 5.41) is 10.5. The van der Waals surface area contributed by atoms with E-state index < -0.39 is 8.07 Å². The molecule has 0 heterocycles. The minimum atomic E-state index is -1.22. The first-order valence-electron chi connectivity index (χ1n) is 7.97. The summed E-state index contributed by atoms with van der Waals surface area (Å²) in [7, 11) is -1.22. The first-order valence-corrected chi connectivity index (χ1v) is 11.5. The van der Waals surface area contributed by atoms with E-state index in [1.54, 1.807) is 0 Å². The number of hydrogen-bond acceptors (Lipinski definition) is 1. The predicted octanol–water partition coefficient (Wildman–Crippen LogP) is 4.77. The van der Waals surface area contributed by atoms with Crippen LogP contribution in [0.25, 0.3) is 0 Å².